The zero-order valence-corrected chi connectivity index (χ0v) is 11.3. The van der Waals surface area contributed by atoms with Crippen LogP contribution in [0.3, 0.4) is 0 Å². The van der Waals surface area contributed by atoms with Crippen molar-refractivity contribution in [3.8, 4) is 0 Å². The van der Waals surface area contributed by atoms with Gasteiger partial charge in [-0.1, -0.05) is 18.5 Å². The first-order valence-corrected chi connectivity index (χ1v) is 7.34. The Balaban J connectivity index is 2.18. The van der Waals surface area contributed by atoms with Gasteiger partial charge >= 0.3 is 0 Å². The van der Waals surface area contributed by atoms with Gasteiger partial charge in [-0.05, 0) is 30.5 Å². The van der Waals surface area contributed by atoms with Crippen molar-refractivity contribution >= 4 is 33.2 Å². The summed E-state index contributed by atoms with van der Waals surface area (Å²) in [5, 5.41) is 7.81. The fourth-order valence-electron chi connectivity index (χ4n) is 1.69. The third-order valence-electron chi connectivity index (χ3n) is 2.97. The maximum Gasteiger partial charge on any atom is 0.238 e. The zero-order chi connectivity index (χ0) is 13.5. The maximum absolute atomic E-state index is 11.7. The number of carbonyl (C=O) groups excluding carboxylic acids is 1. The first-order chi connectivity index (χ1) is 8.29. The molecule has 0 radical (unpaired) electrons. The number of benzene rings is 1. The van der Waals surface area contributed by atoms with E-state index in [9.17, 15) is 13.2 Å². The van der Waals surface area contributed by atoms with Gasteiger partial charge in [-0.3, -0.25) is 4.79 Å². The molecule has 0 aliphatic heterocycles. The molecule has 3 N–H and O–H groups in total. The third-order valence-corrected chi connectivity index (χ3v) is 4.20. The van der Waals surface area contributed by atoms with Crippen LogP contribution in [0.5, 0.6) is 0 Å². The van der Waals surface area contributed by atoms with Crippen molar-refractivity contribution in [2.45, 2.75) is 18.2 Å². The SMILES string of the molecule is CC1CC1C(=O)Nc1ccc(S(N)(=O)=O)cc1Cl. The maximum atomic E-state index is 11.7. The van der Waals surface area contributed by atoms with E-state index in [-0.39, 0.29) is 21.7 Å². The molecule has 1 fully saturated rings. The number of rotatable bonds is 3. The molecule has 2 rings (SSSR count). The van der Waals surface area contributed by atoms with Gasteiger partial charge in [0.1, 0.15) is 0 Å². The number of hydrogen-bond donors (Lipinski definition) is 2. The van der Waals surface area contributed by atoms with E-state index in [1.807, 2.05) is 6.92 Å². The highest BCUT2D eigenvalue weighted by atomic mass is 35.5. The lowest BCUT2D eigenvalue weighted by Crippen LogP contribution is -2.16. The average Bonchev–Trinajstić information content (AvgIpc) is 2.97. The Morgan fingerprint density at radius 3 is 2.56 bits per heavy atom. The van der Waals surface area contributed by atoms with Crippen molar-refractivity contribution in [2.75, 3.05) is 5.32 Å². The van der Waals surface area contributed by atoms with Gasteiger partial charge in [-0.2, -0.15) is 0 Å². The lowest BCUT2D eigenvalue weighted by Gasteiger charge is -2.08. The normalized spacial score (nSPS) is 22.6. The van der Waals surface area contributed by atoms with Gasteiger partial charge in [-0.15, -0.1) is 0 Å². The molecule has 1 aromatic rings. The Bertz CT molecular complexity index is 600. The van der Waals surface area contributed by atoms with Crippen LogP contribution in [0.15, 0.2) is 23.1 Å². The Hall–Kier alpha value is -1.11. The minimum atomic E-state index is -3.78. The highest BCUT2D eigenvalue weighted by Crippen LogP contribution is 2.39. The van der Waals surface area contributed by atoms with E-state index in [1.165, 1.54) is 18.2 Å². The van der Waals surface area contributed by atoms with Crippen molar-refractivity contribution in [3.05, 3.63) is 23.2 Å². The molecule has 1 amide bonds. The monoisotopic (exact) mass is 288 g/mol. The second-order valence-corrected chi connectivity index (χ2v) is 6.46. The second-order valence-electron chi connectivity index (χ2n) is 4.50. The van der Waals surface area contributed by atoms with E-state index < -0.39 is 10.0 Å². The lowest BCUT2D eigenvalue weighted by atomic mass is 10.3. The summed E-state index contributed by atoms with van der Waals surface area (Å²) in [5.41, 5.74) is 0.396. The number of nitrogens with one attached hydrogen (secondary N) is 1. The van der Waals surface area contributed by atoms with E-state index in [0.717, 1.165) is 6.42 Å². The molecule has 1 saturated carbocycles. The number of sulfonamides is 1. The minimum absolute atomic E-state index is 0.0268. The van der Waals surface area contributed by atoms with Gasteiger partial charge in [0.25, 0.3) is 0 Å². The Labute approximate surface area is 110 Å². The molecule has 2 unspecified atom stereocenters. The van der Waals surface area contributed by atoms with Crippen molar-refractivity contribution in [3.63, 3.8) is 0 Å². The molecule has 0 heterocycles. The summed E-state index contributed by atoms with van der Waals surface area (Å²) >= 11 is 5.91. The zero-order valence-electron chi connectivity index (χ0n) is 9.68. The van der Waals surface area contributed by atoms with Crippen LogP contribution in [-0.4, -0.2) is 14.3 Å². The van der Waals surface area contributed by atoms with Crippen LogP contribution in [-0.2, 0) is 14.8 Å². The van der Waals surface area contributed by atoms with Gasteiger partial charge < -0.3 is 5.32 Å². The third kappa shape index (κ3) is 2.82. The minimum Gasteiger partial charge on any atom is -0.325 e. The molecule has 1 aliphatic carbocycles. The van der Waals surface area contributed by atoms with Crippen molar-refractivity contribution < 1.29 is 13.2 Å². The number of nitrogens with two attached hydrogens (primary N) is 1. The van der Waals surface area contributed by atoms with Crippen LogP contribution in [0.4, 0.5) is 5.69 Å². The summed E-state index contributed by atoms with van der Waals surface area (Å²) in [6, 6.07) is 3.98. The Morgan fingerprint density at radius 1 is 1.50 bits per heavy atom. The summed E-state index contributed by atoms with van der Waals surface area (Å²) in [6.07, 6.45) is 0.874. The molecule has 5 nitrogen and oxygen atoms in total. The number of amides is 1. The van der Waals surface area contributed by atoms with E-state index in [1.54, 1.807) is 0 Å². The van der Waals surface area contributed by atoms with Crippen LogP contribution in [0.25, 0.3) is 0 Å². The van der Waals surface area contributed by atoms with Crippen LogP contribution >= 0.6 is 11.6 Å². The standard InChI is InChI=1S/C11H13ClN2O3S/c1-6-4-8(6)11(15)14-10-3-2-7(5-9(10)12)18(13,16)17/h2-3,5-6,8H,4H2,1H3,(H,14,15)(H2,13,16,17). The highest BCUT2D eigenvalue weighted by Gasteiger charge is 2.39. The van der Waals surface area contributed by atoms with E-state index in [2.05, 4.69) is 5.32 Å². The van der Waals surface area contributed by atoms with Crippen molar-refractivity contribution in [1.29, 1.82) is 0 Å². The largest absolute Gasteiger partial charge is 0.325 e. The van der Waals surface area contributed by atoms with Crippen LogP contribution in [0.1, 0.15) is 13.3 Å². The van der Waals surface area contributed by atoms with Crippen molar-refractivity contribution in [2.24, 2.45) is 17.0 Å². The molecular formula is C11H13ClN2O3S. The van der Waals surface area contributed by atoms with Crippen LogP contribution < -0.4 is 10.5 Å². The molecule has 98 valence electrons. The van der Waals surface area contributed by atoms with Gasteiger partial charge in [0.15, 0.2) is 0 Å². The molecule has 18 heavy (non-hydrogen) atoms. The second kappa shape index (κ2) is 4.53. The number of carbonyl (C=O) groups is 1. The smallest absolute Gasteiger partial charge is 0.238 e. The predicted molar refractivity (Wildman–Crippen MR) is 68.7 cm³/mol. The molecule has 1 aliphatic rings. The summed E-state index contributed by atoms with van der Waals surface area (Å²) in [6.45, 7) is 2.00. The number of primary sulfonamides is 1. The molecular weight excluding hydrogens is 276 g/mol. The fourth-order valence-corrected chi connectivity index (χ4v) is 2.52. The van der Waals surface area contributed by atoms with Gasteiger partial charge in [0.2, 0.25) is 15.9 Å². The number of anilines is 1. The van der Waals surface area contributed by atoms with Gasteiger partial charge in [0, 0.05) is 5.92 Å². The van der Waals surface area contributed by atoms with E-state index >= 15 is 0 Å². The van der Waals surface area contributed by atoms with Crippen LogP contribution in [0.2, 0.25) is 5.02 Å². The van der Waals surface area contributed by atoms with Crippen molar-refractivity contribution in [1.82, 2.24) is 0 Å². The molecule has 0 spiro atoms. The predicted octanol–water partition coefficient (Wildman–Crippen LogP) is 1.58. The quantitative estimate of drug-likeness (QED) is 0.885. The molecule has 0 aromatic heterocycles. The molecule has 0 bridgehead atoms. The Morgan fingerprint density at radius 2 is 2.11 bits per heavy atom. The summed E-state index contributed by atoms with van der Waals surface area (Å²) in [7, 11) is -3.78. The van der Waals surface area contributed by atoms with Gasteiger partial charge in [0.05, 0.1) is 15.6 Å². The van der Waals surface area contributed by atoms with Gasteiger partial charge in [-0.25, -0.2) is 13.6 Å². The molecule has 0 saturated heterocycles. The summed E-state index contributed by atoms with van der Waals surface area (Å²) in [4.78, 5) is 11.6. The summed E-state index contributed by atoms with van der Waals surface area (Å²) < 4.78 is 22.2. The Kier molecular flexibility index (Phi) is 3.35. The molecule has 2 atom stereocenters. The van der Waals surface area contributed by atoms with E-state index in [4.69, 9.17) is 16.7 Å². The number of hydrogen-bond acceptors (Lipinski definition) is 3. The molecule has 7 heteroatoms. The first-order valence-electron chi connectivity index (χ1n) is 5.42. The first kappa shape index (κ1) is 13.3. The van der Waals surface area contributed by atoms with Crippen LogP contribution in [0, 0.1) is 11.8 Å². The fraction of sp³-hybridized carbons (Fsp3) is 0.364. The number of halogens is 1. The van der Waals surface area contributed by atoms with E-state index in [0.29, 0.717) is 11.6 Å². The molecule has 1 aromatic carbocycles. The topological polar surface area (TPSA) is 89.3 Å². The highest BCUT2D eigenvalue weighted by molar-refractivity contribution is 7.89. The average molecular weight is 289 g/mol. The summed E-state index contributed by atoms with van der Waals surface area (Å²) in [5.74, 6) is 0.333. The lowest BCUT2D eigenvalue weighted by molar-refractivity contribution is -0.117.